The number of hydrogen-bond donors (Lipinski definition) is 2. The van der Waals surface area contributed by atoms with Crippen LogP contribution >= 0.6 is 0 Å². The van der Waals surface area contributed by atoms with Gasteiger partial charge < -0.3 is 9.73 Å². The molecule has 28 heavy (non-hydrogen) atoms. The second kappa shape index (κ2) is 8.63. The summed E-state index contributed by atoms with van der Waals surface area (Å²) in [6, 6.07) is 17.1. The molecule has 0 radical (unpaired) electrons. The van der Waals surface area contributed by atoms with E-state index in [0.29, 0.717) is 17.1 Å². The van der Waals surface area contributed by atoms with Crippen molar-refractivity contribution < 1.29 is 14.1 Å². The summed E-state index contributed by atoms with van der Waals surface area (Å²) in [6.45, 7) is 2.05. The maximum Gasteiger partial charge on any atom is 0.269 e. The number of nitrogens with one attached hydrogen (secondary N) is 2. The first-order valence-corrected chi connectivity index (χ1v) is 8.49. The van der Waals surface area contributed by atoms with E-state index in [4.69, 9.17) is 4.42 Å². The number of non-ortho nitro benzene ring substituents is 1. The number of benzene rings is 2. The summed E-state index contributed by atoms with van der Waals surface area (Å²) in [5.41, 5.74) is 5.08. The van der Waals surface area contributed by atoms with Crippen LogP contribution in [0.15, 0.2) is 70.2 Å². The number of carbonyl (C=O) groups excluding carboxylic acids is 1. The Morgan fingerprint density at radius 3 is 2.61 bits per heavy atom. The lowest BCUT2D eigenvalue weighted by atomic mass is 10.1. The van der Waals surface area contributed by atoms with Crippen LogP contribution in [0.3, 0.4) is 0 Å². The molecule has 2 aromatic carbocycles. The third-order valence-corrected chi connectivity index (χ3v) is 3.95. The number of nitro groups is 1. The first-order valence-electron chi connectivity index (χ1n) is 8.49. The minimum Gasteiger partial charge on any atom is -0.455 e. The van der Waals surface area contributed by atoms with Crippen LogP contribution in [0.25, 0.3) is 11.3 Å². The van der Waals surface area contributed by atoms with Crippen molar-refractivity contribution in [2.75, 3.05) is 11.9 Å². The lowest BCUT2D eigenvalue weighted by Gasteiger charge is -2.07. The third kappa shape index (κ3) is 4.82. The molecular weight excluding hydrogens is 360 g/mol. The molecule has 8 heteroatoms. The van der Waals surface area contributed by atoms with E-state index in [1.807, 2.05) is 31.2 Å². The summed E-state index contributed by atoms with van der Waals surface area (Å²) in [7, 11) is 0. The first kappa shape index (κ1) is 18.8. The number of nitrogens with zero attached hydrogens (tertiary/aromatic N) is 2. The second-order valence-electron chi connectivity index (χ2n) is 5.97. The van der Waals surface area contributed by atoms with Gasteiger partial charge in [0.15, 0.2) is 0 Å². The van der Waals surface area contributed by atoms with Gasteiger partial charge in [0.2, 0.25) is 0 Å². The zero-order valence-electron chi connectivity index (χ0n) is 15.1. The SMILES string of the molecule is Cc1ccccc1NCC(=O)NN=Cc1ccc(-c2ccc([N+](=O)[O-])cc2)o1. The number of hydrogen-bond acceptors (Lipinski definition) is 6. The highest BCUT2D eigenvalue weighted by Crippen LogP contribution is 2.24. The molecule has 3 aromatic rings. The van der Waals surface area contributed by atoms with E-state index in [1.165, 1.54) is 18.3 Å². The second-order valence-corrected chi connectivity index (χ2v) is 5.97. The number of rotatable bonds is 7. The maximum absolute atomic E-state index is 11.9. The zero-order chi connectivity index (χ0) is 19.9. The van der Waals surface area contributed by atoms with E-state index < -0.39 is 4.92 Å². The van der Waals surface area contributed by atoms with Crippen molar-refractivity contribution in [1.29, 1.82) is 0 Å². The van der Waals surface area contributed by atoms with Crippen molar-refractivity contribution in [3.63, 3.8) is 0 Å². The Labute approximate surface area is 161 Å². The Morgan fingerprint density at radius 1 is 1.14 bits per heavy atom. The summed E-state index contributed by atoms with van der Waals surface area (Å²) in [6.07, 6.45) is 1.39. The van der Waals surface area contributed by atoms with E-state index in [2.05, 4.69) is 15.8 Å². The molecule has 1 aromatic heterocycles. The molecule has 0 saturated carbocycles. The molecule has 0 aliphatic rings. The number of nitro benzene ring substituents is 1. The molecule has 3 rings (SSSR count). The third-order valence-electron chi connectivity index (χ3n) is 3.95. The lowest BCUT2D eigenvalue weighted by molar-refractivity contribution is -0.384. The van der Waals surface area contributed by atoms with Crippen molar-refractivity contribution in [2.45, 2.75) is 6.92 Å². The average molecular weight is 378 g/mol. The van der Waals surface area contributed by atoms with Crippen LogP contribution in [-0.4, -0.2) is 23.6 Å². The fourth-order valence-corrected chi connectivity index (χ4v) is 2.48. The zero-order valence-corrected chi connectivity index (χ0v) is 15.1. The fourth-order valence-electron chi connectivity index (χ4n) is 2.48. The summed E-state index contributed by atoms with van der Waals surface area (Å²) < 4.78 is 5.61. The summed E-state index contributed by atoms with van der Waals surface area (Å²) in [5.74, 6) is 0.700. The Bertz CT molecular complexity index is 1010. The monoisotopic (exact) mass is 378 g/mol. The largest absolute Gasteiger partial charge is 0.455 e. The van der Waals surface area contributed by atoms with Gasteiger partial charge in [-0.2, -0.15) is 5.10 Å². The molecule has 142 valence electrons. The van der Waals surface area contributed by atoms with Crippen molar-refractivity contribution in [3.8, 4) is 11.3 Å². The van der Waals surface area contributed by atoms with Gasteiger partial charge in [0, 0.05) is 23.4 Å². The summed E-state index contributed by atoms with van der Waals surface area (Å²) >= 11 is 0. The van der Waals surface area contributed by atoms with E-state index in [0.717, 1.165) is 11.3 Å². The van der Waals surface area contributed by atoms with Gasteiger partial charge in [0.1, 0.15) is 11.5 Å². The number of carbonyl (C=O) groups is 1. The number of furan rings is 1. The van der Waals surface area contributed by atoms with Crippen molar-refractivity contribution in [1.82, 2.24) is 5.43 Å². The van der Waals surface area contributed by atoms with Gasteiger partial charge in [-0.3, -0.25) is 14.9 Å². The molecule has 0 fully saturated rings. The smallest absolute Gasteiger partial charge is 0.269 e. The average Bonchev–Trinajstić information content (AvgIpc) is 3.16. The molecule has 0 atom stereocenters. The fraction of sp³-hybridized carbons (Fsp3) is 0.100. The van der Waals surface area contributed by atoms with Crippen LogP contribution in [0.2, 0.25) is 0 Å². The number of anilines is 1. The highest BCUT2D eigenvalue weighted by molar-refractivity contribution is 5.83. The van der Waals surface area contributed by atoms with Crippen LogP contribution in [0.1, 0.15) is 11.3 Å². The standard InChI is InChI=1S/C20H18N4O4/c1-14-4-2-3-5-18(14)21-13-20(25)23-22-12-17-10-11-19(28-17)15-6-8-16(9-7-15)24(26)27/h2-12,21H,13H2,1H3,(H,23,25). The Morgan fingerprint density at radius 2 is 1.89 bits per heavy atom. The van der Waals surface area contributed by atoms with Gasteiger partial charge in [0.05, 0.1) is 17.7 Å². The van der Waals surface area contributed by atoms with E-state index in [1.54, 1.807) is 24.3 Å². The Hall–Kier alpha value is -3.94. The molecule has 0 bridgehead atoms. The maximum atomic E-state index is 11.9. The Kier molecular flexibility index (Phi) is 5.81. The minimum atomic E-state index is -0.458. The first-order chi connectivity index (χ1) is 13.5. The molecule has 0 aliphatic carbocycles. The Balaban J connectivity index is 1.53. The highest BCUT2D eigenvalue weighted by atomic mass is 16.6. The summed E-state index contributed by atoms with van der Waals surface area (Å²) in [5, 5.41) is 17.6. The van der Waals surface area contributed by atoms with Gasteiger partial charge in [-0.05, 0) is 42.8 Å². The van der Waals surface area contributed by atoms with Crippen LogP contribution < -0.4 is 10.7 Å². The lowest BCUT2D eigenvalue weighted by Crippen LogP contribution is -2.26. The van der Waals surface area contributed by atoms with Gasteiger partial charge in [0.25, 0.3) is 11.6 Å². The number of amides is 1. The molecule has 1 heterocycles. The number of hydrazone groups is 1. The van der Waals surface area contributed by atoms with Gasteiger partial charge >= 0.3 is 0 Å². The molecule has 0 unspecified atom stereocenters. The van der Waals surface area contributed by atoms with Gasteiger partial charge in [-0.15, -0.1) is 0 Å². The minimum absolute atomic E-state index is 0.0131. The molecule has 0 saturated heterocycles. The van der Waals surface area contributed by atoms with Crippen LogP contribution in [0.4, 0.5) is 11.4 Å². The van der Waals surface area contributed by atoms with Crippen molar-refractivity contribution in [2.24, 2.45) is 5.10 Å². The molecule has 8 nitrogen and oxygen atoms in total. The van der Waals surface area contributed by atoms with Crippen molar-refractivity contribution in [3.05, 3.63) is 82.1 Å². The predicted octanol–water partition coefficient (Wildman–Crippen LogP) is 3.73. The molecule has 0 aliphatic heterocycles. The highest BCUT2D eigenvalue weighted by Gasteiger charge is 2.08. The number of aryl methyl sites for hydroxylation is 1. The number of para-hydroxylation sites is 1. The van der Waals surface area contributed by atoms with Crippen LogP contribution in [-0.2, 0) is 4.79 Å². The van der Waals surface area contributed by atoms with Gasteiger partial charge in [-0.1, -0.05) is 18.2 Å². The van der Waals surface area contributed by atoms with Crippen LogP contribution in [0.5, 0.6) is 0 Å². The summed E-state index contributed by atoms with van der Waals surface area (Å²) in [4.78, 5) is 22.1. The molecular formula is C20H18N4O4. The quantitative estimate of drug-likeness (QED) is 0.370. The topological polar surface area (TPSA) is 110 Å². The predicted molar refractivity (Wildman–Crippen MR) is 106 cm³/mol. The van der Waals surface area contributed by atoms with Gasteiger partial charge in [-0.25, -0.2) is 5.43 Å². The van der Waals surface area contributed by atoms with E-state index in [-0.39, 0.29) is 18.1 Å². The molecule has 2 N–H and O–H groups in total. The molecule has 0 spiro atoms. The van der Waals surface area contributed by atoms with Crippen LogP contribution in [0, 0.1) is 17.0 Å². The molecule has 1 amide bonds. The van der Waals surface area contributed by atoms with E-state index >= 15 is 0 Å². The van der Waals surface area contributed by atoms with Crippen molar-refractivity contribution >= 4 is 23.5 Å². The normalized spacial score (nSPS) is 10.8. The van der Waals surface area contributed by atoms with E-state index in [9.17, 15) is 14.9 Å².